The van der Waals surface area contributed by atoms with Crippen molar-refractivity contribution in [3.8, 4) is 0 Å². The molecule has 2 aromatic rings. The standard InChI is InChI=1S/C23H24N4O2S/c1-14(2)12-19-22(29)26-21-17-6-4-5-7-18(17)25-23(27(19)21)30-13-20(28)24-16-10-8-15(3)9-11-16/h4-11,14,19H,12-13H2,1-3H3,(H,24,28). The first-order chi connectivity index (χ1) is 14.4. The Balaban J connectivity index is 1.55. The van der Waals surface area contributed by atoms with E-state index in [0.717, 1.165) is 22.5 Å². The number of benzene rings is 2. The Kier molecular flexibility index (Phi) is 5.72. The zero-order valence-electron chi connectivity index (χ0n) is 17.3. The lowest BCUT2D eigenvalue weighted by atomic mass is 10.0. The van der Waals surface area contributed by atoms with Crippen LogP contribution in [-0.2, 0) is 9.59 Å². The molecule has 2 aliphatic heterocycles. The topological polar surface area (TPSA) is 74.1 Å². The Morgan fingerprint density at radius 2 is 1.87 bits per heavy atom. The first-order valence-electron chi connectivity index (χ1n) is 10.0. The molecule has 154 valence electrons. The van der Waals surface area contributed by atoms with Crippen molar-refractivity contribution in [2.24, 2.45) is 15.9 Å². The number of thioether (sulfide) groups is 1. The lowest BCUT2D eigenvalue weighted by Crippen LogP contribution is -2.44. The molecular weight excluding hydrogens is 396 g/mol. The molecule has 0 radical (unpaired) electrons. The lowest BCUT2D eigenvalue weighted by molar-refractivity contribution is -0.120. The molecule has 2 amide bonds. The number of amides is 2. The van der Waals surface area contributed by atoms with Gasteiger partial charge in [0.25, 0.3) is 5.91 Å². The number of carbonyl (C=O) groups excluding carboxylic acids is 2. The molecule has 0 spiro atoms. The number of anilines is 1. The summed E-state index contributed by atoms with van der Waals surface area (Å²) >= 11 is 1.33. The molecule has 4 rings (SSSR count). The van der Waals surface area contributed by atoms with Gasteiger partial charge in [0.1, 0.15) is 11.9 Å². The van der Waals surface area contributed by atoms with E-state index in [9.17, 15) is 9.59 Å². The van der Waals surface area contributed by atoms with Gasteiger partial charge in [-0.2, -0.15) is 4.99 Å². The summed E-state index contributed by atoms with van der Waals surface area (Å²) in [5, 5.41) is 3.55. The van der Waals surface area contributed by atoms with E-state index in [-0.39, 0.29) is 23.6 Å². The van der Waals surface area contributed by atoms with Crippen molar-refractivity contribution >= 4 is 46.0 Å². The van der Waals surface area contributed by atoms with E-state index in [4.69, 9.17) is 4.99 Å². The molecule has 0 saturated carbocycles. The van der Waals surface area contributed by atoms with Crippen LogP contribution in [0.1, 0.15) is 31.4 Å². The fraction of sp³-hybridized carbons (Fsp3) is 0.304. The summed E-state index contributed by atoms with van der Waals surface area (Å²) in [5.41, 5.74) is 3.52. The van der Waals surface area contributed by atoms with E-state index in [1.54, 1.807) is 0 Å². The number of amidine groups is 2. The zero-order valence-corrected chi connectivity index (χ0v) is 18.1. The number of para-hydroxylation sites is 1. The normalized spacial score (nSPS) is 17.4. The van der Waals surface area contributed by atoms with Crippen molar-refractivity contribution in [1.29, 1.82) is 0 Å². The molecule has 0 bridgehead atoms. The third-order valence-corrected chi connectivity index (χ3v) is 5.92. The number of aryl methyl sites for hydroxylation is 1. The summed E-state index contributed by atoms with van der Waals surface area (Å²) < 4.78 is 0. The van der Waals surface area contributed by atoms with E-state index in [0.29, 0.717) is 23.3 Å². The number of hydrogen-bond donors (Lipinski definition) is 1. The monoisotopic (exact) mass is 420 g/mol. The van der Waals surface area contributed by atoms with E-state index >= 15 is 0 Å². The molecule has 6 nitrogen and oxygen atoms in total. The molecule has 2 heterocycles. The maximum absolute atomic E-state index is 12.7. The number of hydrogen-bond acceptors (Lipinski definition) is 5. The van der Waals surface area contributed by atoms with Crippen LogP contribution in [0, 0.1) is 12.8 Å². The van der Waals surface area contributed by atoms with E-state index in [1.165, 1.54) is 11.8 Å². The highest BCUT2D eigenvalue weighted by molar-refractivity contribution is 8.14. The van der Waals surface area contributed by atoms with Crippen LogP contribution in [0.15, 0.2) is 58.5 Å². The number of fused-ring (bicyclic) bond motifs is 3. The maximum atomic E-state index is 12.7. The van der Waals surface area contributed by atoms with Crippen molar-refractivity contribution in [3.63, 3.8) is 0 Å². The minimum Gasteiger partial charge on any atom is -0.325 e. The molecule has 0 aromatic heterocycles. The minimum atomic E-state index is -0.375. The largest absolute Gasteiger partial charge is 0.325 e. The van der Waals surface area contributed by atoms with Crippen LogP contribution in [0.25, 0.3) is 0 Å². The van der Waals surface area contributed by atoms with E-state index in [1.807, 2.05) is 60.4 Å². The molecule has 0 aliphatic carbocycles. The van der Waals surface area contributed by atoms with Crippen molar-refractivity contribution in [1.82, 2.24) is 4.90 Å². The fourth-order valence-electron chi connectivity index (χ4n) is 3.54. The van der Waals surface area contributed by atoms with Crippen LogP contribution in [0.4, 0.5) is 11.4 Å². The molecule has 30 heavy (non-hydrogen) atoms. The molecule has 1 unspecified atom stereocenters. The number of nitrogens with zero attached hydrogens (tertiary/aromatic N) is 3. The summed E-state index contributed by atoms with van der Waals surface area (Å²) in [6.07, 6.45) is 0.684. The van der Waals surface area contributed by atoms with Gasteiger partial charge in [0.05, 0.1) is 11.4 Å². The highest BCUT2D eigenvalue weighted by atomic mass is 32.2. The molecule has 0 fully saturated rings. The highest BCUT2D eigenvalue weighted by Crippen LogP contribution is 2.35. The summed E-state index contributed by atoms with van der Waals surface area (Å²) in [6.45, 7) is 6.18. The average Bonchev–Trinajstić information content (AvgIpc) is 3.04. The van der Waals surface area contributed by atoms with Crippen LogP contribution in [0.2, 0.25) is 0 Å². The van der Waals surface area contributed by atoms with E-state index in [2.05, 4.69) is 24.2 Å². The van der Waals surface area contributed by atoms with Gasteiger partial charge in [-0.1, -0.05) is 55.4 Å². The summed E-state index contributed by atoms with van der Waals surface area (Å²) in [6, 6.07) is 15.0. The fourth-order valence-corrected chi connectivity index (χ4v) is 4.39. The number of aliphatic imine (C=N–C) groups is 2. The van der Waals surface area contributed by atoms with E-state index < -0.39 is 0 Å². The van der Waals surface area contributed by atoms with Crippen LogP contribution < -0.4 is 5.32 Å². The van der Waals surface area contributed by atoms with Crippen molar-refractivity contribution in [2.45, 2.75) is 33.2 Å². The van der Waals surface area contributed by atoms with Crippen LogP contribution >= 0.6 is 11.8 Å². The third kappa shape index (κ3) is 4.16. The predicted molar refractivity (Wildman–Crippen MR) is 122 cm³/mol. The van der Waals surface area contributed by atoms with Gasteiger partial charge in [0, 0.05) is 11.3 Å². The van der Waals surface area contributed by atoms with Crippen molar-refractivity contribution in [2.75, 3.05) is 11.1 Å². The average molecular weight is 421 g/mol. The SMILES string of the molecule is Cc1ccc(NC(=O)CSC2=Nc3ccccc3C3=NC(=O)C(CC(C)C)N23)cc1. The van der Waals surface area contributed by atoms with Crippen LogP contribution in [0.3, 0.4) is 0 Å². The number of carbonyl (C=O) groups is 2. The Morgan fingerprint density at radius 3 is 2.60 bits per heavy atom. The minimum absolute atomic E-state index is 0.116. The molecule has 1 atom stereocenters. The highest BCUT2D eigenvalue weighted by Gasteiger charge is 2.41. The zero-order chi connectivity index (χ0) is 21.3. The lowest BCUT2D eigenvalue weighted by Gasteiger charge is -2.31. The van der Waals surface area contributed by atoms with Gasteiger partial charge >= 0.3 is 0 Å². The van der Waals surface area contributed by atoms with Gasteiger partial charge < -0.3 is 5.32 Å². The second kappa shape index (κ2) is 8.44. The van der Waals surface area contributed by atoms with Gasteiger partial charge in [-0.15, -0.1) is 0 Å². The maximum Gasteiger partial charge on any atom is 0.270 e. The Bertz CT molecular complexity index is 1040. The van der Waals surface area contributed by atoms with Crippen LogP contribution in [-0.4, -0.2) is 39.5 Å². The number of rotatable bonds is 5. The summed E-state index contributed by atoms with van der Waals surface area (Å²) in [5.74, 6) is 0.906. The van der Waals surface area contributed by atoms with Gasteiger partial charge in [0.15, 0.2) is 5.17 Å². The molecule has 2 aliphatic rings. The molecule has 7 heteroatoms. The second-order valence-corrected chi connectivity index (χ2v) is 8.85. The molecule has 2 aromatic carbocycles. The molecule has 0 saturated heterocycles. The Hall–Kier alpha value is -2.93. The smallest absolute Gasteiger partial charge is 0.270 e. The second-order valence-electron chi connectivity index (χ2n) is 7.90. The quantitative estimate of drug-likeness (QED) is 0.779. The number of nitrogens with one attached hydrogen (secondary N) is 1. The molecule has 1 N–H and O–H groups in total. The van der Waals surface area contributed by atoms with Crippen molar-refractivity contribution in [3.05, 3.63) is 59.7 Å². The van der Waals surface area contributed by atoms with Gasteiger partial charge in [-0.05, 0) is 43.5 Å². The Morgan fingerprint density at radius 1 is 1.13 bits per heavy atom. The third-order valence-electron chi connectivity index (χ3n) is 4.97. The first kappa shape index (κ1) is 20.3. The van der Waals surface area contributed by atoms with Gasteiger partial charge in [-0.3, -0.25) is 14.5 Å². The molecular formula is C23H24N4O2S. The van der Waals surface area contributed by atoms with Gasteiger partial charge in [0.2, 0.25) is 5.91 Å². The summed E-state index contributed by atoms with van der Waals surface area (Å²) in [4.78, 5) is 36.2. The van der Waals surface area contributed by atoms with Crippen molar-refractivity contribution < 1.29 is 9.59 Å². The van der Waals surface area contributed by atoms with Crippen LogP contribution in [0.5, 0.6) is 0 Å². The van der Waals surface area contributed by atoms with Gasteiger partial charge in [-0.25, -0.2) is 4.99 Å². The predicted octanol–water partition coefficient (Wildman–Crippen LogP) is 4.37. The summed E-state index contributed by atoms with van der Waals surface area (Å²) in [7, 11) is 0. The Labute approximate surface area is 180 Å². The first-order valence-corrected chi connectivity index (χ1v) is 11.0.